The van der Waals surface area contributed by atoms with Gasteiger partial charge in [0.1, 0.15) is 5.75 Å². The Bertz CT molecular complexity index is 517. The van der Waals surface area contributed by atoms with Crippen molar-refractivity contribution in [2.45, 2.75) is 13.0 Å². The van der Waals surface area contributed by atoms with Gasteiger partial charge in [-0.05, 0) is 18.6 Å². The minimum atomic E-state index is -0.921. The number of amides is 1. The first-order valence-corrected chi connectivity index (χ1v) is 6.24. The Morgan fingerprint density at radius 3 is 2.79 bits per heavy atom. The standard InChI is InChI=1S/C13H14ClNO4/c1-19-11-4-2-3-10(14)9(11)6-15-12(16)7-5-8(7)13(17)18/h2-4,7-8H,5-6H2,1H3,(H,15,16)(H,17,18)/t7-,8-/m1/s1. The normalized spacial score (nSPS) is 20.7. The number of carbonyl (C=O) groups excluding carboxylic acids is 1. The zero-order valence-electron chi connectivity index (χ0n) is 10.4. The molecule has 6 heteroatoms. The number of carboxylic acids is 1. The number of halogens is 1. The van der Waals surface area contributed by atoms with Gasteiger partial charge in [0.15, 0.2) is 0 Å². The summed E-state index contributed by atoms with van der Waals surface area (Å²) < 4.78 is 5.16. The molecule has 19 heavy (non-hydrogen) atoms. The van der Waals surface area contributed by atoms with Crippen LogP contribution in [0.5, 0.6) is 5.75 Å². The Kier molecular flexibility index (Phi) is 3.95. The quantitative estimate of drug-likeness (QED) is 0.862. The maximum absolute atomic E-state index is 11.7. The van der Waals surface area contributed by atoms with Gasteiger partial charge in [0, 0.05) is 17.1 Å². The van der Waals surface area contributed by atoms with Crippen LogP contribution in [0.15, 0.2) is 18.2 Å². The molecule has 2 rings (SSSR count). The van der Waals surface area contributed by atoms with Crippen LogP contribution in [-0.2, 0) is 16.1 Å². The number of aliphatic carboxylic acids is 1. The summed E-state index contributed by atoms with van der Waals surface area (Å²) in [5.41, 5.74) is 0.688. The molecule has 102 valence electrons. The van der Waals surface area contributed by atoms with Crippen LogP contribution in [0.4, 0.5) is 0 Å². The molecule has 0 aliphatic heterocycles. The van der Waals surface area contributed by atoms with E-state index in [0.717, 1.165) is 0 Å². The topological polar surface area (TPSA) is 75.6 Å². The Labute approximate surface area is 115 Å². The second-order valence-electron chi connectivity index (χ2n) is 4.43. The van der Waals surface area contributed by atoms with Crippen LogP contribution in [0, 0.1) is 11.8 Å². The first-order valence-electron chi connectivity index (χ1n) is 5.86. The predicted octanol–water partition coefficient (Wildman–Crippen LogP) is 1.69. The van der Waals surface area contributed by atoms with Crippen LogP contribution in [0.2, 0.25) is 5.02 Å². The number of hydrogen-bond acceptors (Lipinski definition) is 3. The molecule has 1 aliphatic rings. The first-order chi connectivity index (χ1) is 9.04. The molecule has 1 aliphatic carbocycles. The Balaban J connectivity index is 1.96. The van der Waals surface area contributed by atoms with Gasteiger partial charge >= 0.3 is 5.97 Å². The van der Waals surface area contributed by atoms with Crippen molar-refractivity contribution in [3.63, 3.8) is 0 Å². The summed E-state index contributed by atoms with van der Waals surface area (Å²) in [5.74, 6) is -1.55. The molecule has 0 aromatic heterocycles. The maximum Gasteiger partial charge on any atom is 0.307 e. The van der Waals surface area contributed by atoms with Gasteiger partial charge in [0.2, 0.25) is 5.91 Å². The number of rotatable bonds is 5. The van der Waals surface area contributed by atoms with E-state index in [0.29, 0.717) is 22.8 Å². The molecular weight excluding hydrogens is 270 g/mol. The van der Waals surface area contributed by atoms with E-state index in [1.165, 1.54) is 7.11 Å². The van der Waals surface area contributed by atoms with E-state index in [4.69, 9.17) is 21.4 Å². The molecule has 0 bridgehead atoms. The monoisotopic (exact) mass is 283 g/mol. The lowest BCUT2D eigenvalue weighted by atomic mass is 10.2. The van der Waals surface area contributed by atoms with Gasteiger partial charge in [0.25, 0.3) is 0 Å². The number of carboxylic acid groups (broad SMARTS) is 1. The molecule has 1 aromatic rings. The predicted molar refractivity (Wildman–Crippen MR) is 69.1 cm³/mol. The molecule has 0 radical (unpaired) electrons. The van der Waals surface area contributed by atoms with Crippen LogP contribution in [0.25, 0.3) is 0 Å². The Hall–Kier alpha value is -1.75. The molecule has 1 saturated carbocycles. The third-order valence-corrected chi connectivity index (χ3v) is 3.53. The van der Waals surface area contributed by atoms with E-state index in [-0.39, 0.29) is 12.5 Å². The summed E-state index contributed by atoms with van der Waals surface area (Å²) in [6.07, 6.45) is 0.404. The van der Waals surface area contributed by atoms with Crippen LogP contribution < -0.4 is 10.1 Å². The number of hydrogen-bond donors (Lipinski definition) is 2. The van der Waals surface area contributed by atoms with Crippen molar-refractivity contribution in [1.82, 2.24) is 5.32 Å². The van der Waals surface area contributed by atoms with Crippen molar-refractivity contribution < 1.29 is 19.4 Å². The van der Waals surface area contributed by atoms with Crippen molar-refractivity contribution >= 4 is 23.5 Å². The molecular formula is C13H14ClNO4. The lowest BCUT2D eigenvalue weighted by Crippen LogP contribution is -2.26. The third kappa shape index (κ3) is 2.98. The minimum absolute atomic E-state index is 0.227. The lowest BCUT2D eigenvalue weighted by Gasteiger charge is -2.11. The number of benzene rings is 1. The molecule has 1 amide bonds. The fourth-order valence-electron chi connectivity index (χ4n) is 1.97. The maximum atomic E-state index is 11.7. The first kappa shape index (κ1) is 13.7. The highest BCUT2D eigenvalue weighted by Gasteiger charge is 2.48. The largest absolute Gasteiger partial charge is 0.496 e. The van der Waals surface area contributed by atoms with Gasteiger partial charge in [-0.1, -0.05) is 17.7 Å². The summed E-state index contributed by atoms with van der Waals surface area (Å²) >= 11 is 6.04. The second-order valence-corrected chi connectivity index (χ2v) is 4.83. The molecule has 5 nitrogen and oxygen atoms in total. The summed E-state index contributed by atoms with van der Waals surface area (Å²) in [6.45, 7) is 0.227. The third-order valence-electron chi connectivity index (χ3n) is 3.18. The molecule has 2 atom stereocenters. The van der Waals surface area contributed by atoms with Gasteiger partial charge in [-0.3, -0.25) is 9.59 Å². The highest BCUT2D eigenvalue weighted by atomic mass is 35.5. The lowest BCUT2D eigenvalue weighted by molar-refractivity contribution is -0.140. The molecule has 1 aromatic carbocycles. The average Bonchev–Trinajstić information content (AvgIpc) is 3.17. The summed E-state index contributed by atoms with van der Waals surface area (Å²) in [6, 6.07) is 5.22. The smallest absolute Gasteiger partial charge is 0.307 e. The van der Waals surface area contributed by atoms with Gasteiger partial charge in [-0.25, -0.2) is 0 Å². The summed E-state index contributed by atoms with van der Waals surface area (Å²) in [4.78, 5) is 22.4. The Morgan fingerprint density at radius 2 is 2.21 bits per heavy atom. The van der Waals surface area contributed by atoms with E-state index in [1.54, 1.807) is 18.2 Å². The van der Waals surface area contributed by atoms with E-state index < -0.39 is 17.8 Å². The van der Waals surface area contributed by atoms with E-state index in [1.807, 2.05) is 0 Å². The fraction of sp³-hybridized carbons (Fsp3) is 0.385. The van der Waals surface area contributed by atoms with Crippen LogP contribution in [-0.4, -0.2) is 24.1 Å². The number of carbonyl (C=O) groups is 2. The molecule has 2 N–H and O–H groups in total. The van der Waals surface area contributed by atoms with Crippen molar-refractivity contribution in [2.75, 3.05) is 7.11 Å². The molecule has 0 saturated heterocycles. The zero-order chi connectivity index (χ0) is 14.0. The van der Waals surface area contributed by atoms with Crippen molar-refractivity contribution in [1.29, 1.82) is 0 Å². The van der Waals surface area contributed by atoms with Crippen LogP contribution >= 0.6 is 11.6 Å². The fourth-order valence-corrected chi connectivity index (χ4v) is 2.20. The number of ether oxygens (including phenoxy) is 1. The van der Waals surface area contributed by atoms with Gasteiger partial charge < -0.3 is 15.2 Å². The van der Waals surface area contributed by atoms with Crippen LogP contribution in [0.1, 0.15) is 12.0 Å². The Morgan fingerprint density at radius 1 is 1.47 bits per heavy atom. The molecule has 0 spiro atoms. The highest BCUT2D eigenvalue weighted by molar-refractivity contribution is 6.31. The van der Waals surface area contributed by atoms with E-state index >= 15 is 0 Å². The summed E-state index contributed by atoms with van der Waals surface area (Å²) in [5, 5.41) is 12.0. The van der Waals surface area contributed by atoms with Crippen LogP contribution in [0.3, 0.4) is 0 Å². The minimum Gasteiger partial charge on any atom is -0.496 e. The second kappa shape index (κ2) is 5.48. The van der Waals surface area contributed by atoms with Gasteiger partial charge in [0.05, 0.1) is 18.9 Å². The number of methoxy groups -OCH3 is 1. The van der Waals surface area contributed by atoms with Gasteiger partial charge in [-0.15, -0.1) is 0 Å². The highest BCUT2D eigenvalue weighted by Crippen LogP contribution is 2.38. The van der Waals surface area contributed by atoms with E-state index in [9.17, 15) is 9.59 Å². The average molecular weight is 284 g/mol. The molecule has 0 unspecified atom stereocenters. The van der Waals surface area contributed by atoms with Crippen molar-refractivity contribution in [3.8, 4) is 5.75 Å². The van der Waals surface area contributed by atoms with Gasteiger partial charge in [-0.2, -0.15) is 0 Å². The van der Waals surface area contributed by atoms with Crippen molar-refractivity contribution in [3.05, 3.63) is 28.8 Å². The number of nitrogens with one attached hydrogen (secondary N) is 1. The SMILES string of the molecule is COc1cccc(Cl)c1CNC(=O)[C@@H]1C[C@H]1C(=O)O. The molecule has 0 heterocycles. The molecule has 1 fully saturated rings. The zero-order valence-corrected chi connectivity index (χ0v) is 11.1. The van der Waals surface area contributed by atoms with E-state index in [2.05, 4.69) is 5.32 Å². The summed E-state index contributed by atoms with van der Waals surface area (Å²) in [7, 11) is 1.53. The van der Waals surface area contributed by atoms with Crippen molar-refractivity contribution in [2.24, 2.45) is 11.8 Å².